The number of carbonyl (C=O) groups excluding carboxylic acids is 1. The lowest BCUT2D eigenvalue weighted by atomic mass is 9.66. The molecule has 0 aromatic heterocycles. The van der Waals surface area contributed by atoms with Crippen molar-refractivity contribution in [2.75, 3.05) is 34.2 Å². The number of methoxy groups -OCH3 is 2. The molecule has 1 aliphatic carbocycles. The van der Waals surface area contributed by atoms with Gasteiger partial charge in [0.1, 0.15) is 24.4 Å². The molecule has 2 aromatic rings. The van der Waals surface area contributed by atoms with Crippen LogP contribution in [0.4, 0.5) is 0 Å². The minimum absolute atomic E-state index is 0.0301. The Morgan fingerprint density at radius 3 is 2.26 bits per heavy atom. The van der Waals surface area contributed by atoms with Crippen LogP contribution < -0.4 is 18.9 Å². The Labute approximate surface area is 240 Å². The van der Waals surface area contributed by atoms with Gasteiger partial charge in [-0.15, -0.1) is 0 Å². The number of carbonyl (C=O) groups is 1. The predicted octanol–water partition coefficient (Wildman–Crippen LogP) is 1.34. The van der Waals surface area contributed by atoms with Crippen LogP contribution in [-0.4, -0.2) is 92.5 Å². The van der Waals surface area contributed by atoms with E-state index in [-0.39, 0.29) is 37.3 Å². The normalized spacial score (nSPS) is 36.5. The molecule has 2 aromatic carbocycles. The van der Waals surface area contributed by atoms with Crippen molar-refractivity contribution in [2.24, 2.45) is 11.8 Å². The first-order chi connectivity index (χ1) is 20.3. The second-order valence-corrected chi connectivity index (χ2v) is 11.0. The minimum Gasteiger partial charge on any atom is -0.502 e. The van der Waals surface area contributed by atoms with E-state index in [9.17, 15) is 20.1 Å². The zero-order valence-corrected chi connectivity index (χ0v) is 23.1. The monoisotopic (exact) mass is 588 g/mol. The van der Waals surface area contributed by atoms with Gasteiger partial charge in [-0.3, -0.25) is 4.79 Å². The second-order valence-electron chi connectivity index (χ2n) is 11.0. The first kappa shape index (κ1) is 27.5. The van der Waals surface area contributed by atoms with Crippen LogP contribution in [-0.2, 0) is 28.5 Å². The number of cyclic esters (lactones) is 1. The molecule has 0 unspecified atom stereocenters. The summed E-state index contributed by atoms with van der Waals surface area (Å²) in [7, 11) is 2.86. The molecule has 3 fully saturated rings. The SMILES string of the molecule is COc1cc([C@H]2c3cc4c(cc3[C@H](O[C@H]3O[C@H]5CO[C@H](C)O[C@@H]5[C@@H](O)[C@@H]3O)[C@H]3COC(=O)[C@@H]23)OCO4)cc(OC)c1O. The van der Waals surface area contributed by atoms with Crippen molar-refractivity contribution in [1.82, 2.24) is 0 Å². The zero-order chi connectivity index (χ0) is 29.3. The van der Waals surface area contributed by atoms with Crippen LogP contribution in [0.2, 0.25) is 0 Å². The molecule has 4 heterocycles. The molecule has 10 atom stereocenters. The largest absolute Gasteiger partial charge is 0.502 e. The van der Waals surface area contributed by atoms with Crippen molar-refractivity contribution >= 4 is 5.97 Å². The fraction of sp³-hybridized carbons (Fsp3) is 0.552. The van der Waals surface area contributed by atoms with Crippen LogP contribution in [0.3, 0.4) is 0 Å². The van der Waals surface area contributed by atoms with Crippen LogP contribution in [0.1, 0.15) is 35.6 Å². The molecule has 226 valence electrons. The van der Waals surface area contributed by atoms with E-state index >= 15 is 0 Å². The first-order valence-electron chi connectivity index (χ1n) is 13.8. The molecule has 3 saturated heterocycles. The highest BCUT2D eigenvalue weighted by Gasteiger charge is 2.56. The van der Waals surface area contributed by atoms with Crippen molar-refractivity contribution in [3.63, 3.8) is 0 Å². The van der Waals surface area contributed by atoms with Crippen molar-refractivity contribution in [3.05, 3.63) is 41.0 Å². The number of ether oxygens (including phenoxy) is 9. The molecule has 4 aliphatic heterocycles. The maximum atomic E-state index is 13.4. The van der Waals surface area contributed by atoms with Gasteiger partial charge in [-0.05, 0) is 47.9 Å². The van der Waals surface area contributed by atoms with Crippen LogP contribution in [0, 0.1) is 11.8 Å². The Kier molecular flexibility index (Phi) is 6.83. The third-order valence-electron chi connectivity index (χ3n) is 8.75. The van der Waals surface area contributed by atoms with Gasteiger partial charge in [0.2, 0.25) is 12.5 Å². The topological polar surface area (TPSA) is 161 Å². The van der Waals surface area contributed by atoms with Crippen molar-refractivity contribution in [3.8, 4) is 28.7 Å². The van der Waals surface area contributed by atoms with Gasteiger partial charge >= 0.3 is 5.97 Å². The molecule has 42 heavy (non-hydrogen) atoms. The number of aliphatic hydroxyl groups excluding tert-OH is 2. The summed E-state index contributed by atoms with van der Waals surface area (Å²) < 4.78 is 51.5. The van der Waals surface area contributed by atoms with Crippen molar-refractivity contribution < 1.29 is 62.7 Å². The highest BCUT2D eigenvalue weighted by atomic mass is 16.8. The smallest absolute Gasteiger partial charge is 0.310 e. The molecule has 0 saturated carbocycles. The highest BCUT2D eigenvalue weighted by Crippen LogP contribution is 2.57. The predicted molar refractivity (Wildman–Crippen MR) is 138 cm³/mol. The van der Waals surface area contributed by atoms with Crippen LogP contribution >= 0.6 is 0 Å². The number of aromatic hydroxyl groups is 1. The van der Waals surface area contributed by atoms with Gasteiger partial charge in [0.15, 0.2) is 35.6 Å². The molecule has 0 bridgehead atoms. The van der Waals surface area contributed by atoms with Gasteiger partial charge < -0.3 is 58.0 Å². The summed E-state index contributed by atoms with van der Waals surface area (Å²) in [4.78, 5) is 13.4. The lowest BCUT2D eigenvalue weighted by Crippen LogP contribution is -2.63. The molecule has 13 heteroatoms. The van der Waals surface area contributed by atoms with Gasteiger partial charge in [-0.1, -0.05) is 0 Å². The number of benzene rings is 2. The molecule has 3 N–H and O–H groups in total. The number of aliphatic hydroxyl groups is 2. The van der Waals surface area contributed by atoms with Crippen LogP contribution in [0.5, 0.6) is 28.7 Å². The van der Waals surface area contributed by atoms with Gasteiger partial charge in [0.05, 0.1) is 39.5 Å². The number of esters is 1. The van der Waals surface area contributed by atoms with Crippen LogP contribution in [0.15, 0.2) is 24.3 Å². The molecule has 13 nitrogen and oxygen atoms in total. The van der Waals surface area contributed by atoms with Gasteiger partial charge in [-0.2, -0.15) is 0 Å². The second kappa shape index (κ2) is 10.4. The van der Waals surface area contributed by atoms with Gasteiger partial charge in [0.25, 0.3) is 0 Å². The lowest BCUT2D eigenvalue weighted by molar-refractivity contribution is -0.364. The summed E-state index contributed by atoms with van der Waals surface area (Å²) in [5.74, 6) is -1.02. The average Bonchev–Trinajstić information content (AvgIpc) is 3.61. The highest BCUT2D eigenvalue weighted by molar-refractivity contribution is 5.79. The van der Waals surface area contributed by atoms with E-state index in [1.807, 2.05) is 0 Å². The fourth-order valence-corrected chi connectivity index (χ4v) is 6.74. The summed E-state index contributed by atoms with van der Waals surface area (Å²) in [6, 6.07) is 6.93. The van der Waals surface area contributed by atoms with E-state index in [0.29, 0.717) is 28.2 Å². The Morgan fingerprint density at radius 1 is 0.881 bits per heavy atom. The molecular weight excluding hydrogens is 556 g/mol. The van der Waals surface area contributed by atoms with E-state index in [0.717, 1.165) is 0 Å². The standard InChI is InChI=1S/C29H32O13/c1-11-36-9-20-27(40-11)24(31)25(32)29(41-20)42-26-14-7-17-16(38-10-39-17)6-13(14)21(22-15(26)8-37-28(22)33)12-4-18(34-2)23(30)19(5-12)35-3/h4-7,11,15,20-22,24-27,29-32H,8-10H2,1-3H3/t11-,15-,20-,21-,22+,24-,25-,26-,27-,29+/m0/s1. The lowest BCUT2D eigenvalue weighted by Gasteiger charge is -2.47. The summed E-state index contributed by atoms with van der Waals surface area (Å²) >= 11 is 0. The number of rotatable bonds is 5. The summed E-state index contributed by atoms with van der Waals surface area (Å²) in [5.41, 5.74) is 2.01. The summed E-state index contributed by atoms with van der Waals surface area (Å²) in [6.07, 6.45) is -6.80. The quantitative estimate of drug-likeness (QED) is 0.430. The number of hydrogen-bond acceptors (Lipinski definition) is 13. The zero-order valence-electron chi connectivity index (χ0n) is 23.1. The van der Waals surface area contributed by atoms with E-state index in [1.54, 1.807) is 31.2 Å². The summed E-state index contributed by atoms with van der Waals surface area (Å²) in [6.45, 7) is 1.93. The Bertz CT molecular complexity index is 1350. The molecule has 7 rings (SSSR count). The number of hydrogen-bond donors (Lipinski definition) is 3. The number of phenols is 1. The Balaban J connectivity index is 1.32. The third-order valence-corrected chi connectivity index (χ3v) is 8.75. The van der Waals surface area contributed by atoms with Gasteiger partial charge in [0, 0.05) is 11.8 Å². The number of fused-ring (bicyclic) bond motifs is 4. The molecule has 0 amide bonds. The van der Waals surface area contributed by atoms with E-state index in [1.165, 1.54) is 14.2 Å². The Hall–Kier alpha value is -3.33. The minimum atomic E-state index is -1.44. The molecular formula is C29H32O13. The van der Waals surface area contributed by atoms with Crippen molar-refractivity contribution in [1.29, 1.82) is 0 Å². The Morgan fingerprint density at radius 2 is 1.57 bits per heavy atom. The molecule has 0 spiro atoms. The van der Waals surface area contributed by atoms with E-state index in [4.69, 9.17) is 42.6 Å². The summed E-state index contributed by atoms with van der Waals surface area (Å²) in [5, 5.41) is 32.5. The molecule has 5 aliphatic rings. The molecule has 0 radical (unpaired) electrons. The van der Waals surface area contributed by atoms with E-state index < -0.39 is 66.8 Å². The van der Waals surface area contributed by atoms with Crippen LogP contribution in [0.25, 0.3) is 0 Å². The maximum absolute atomic E-state index is 13.4. The fourth-order valence-electron chi connectivity index (χ4n) is 6.74. The number of phenolic OH excluding ortho intramolecular Hbond substituents is 1. The first-order valence-corrected chi connectivity index (χ1v) is 13.8. The van der Waals surface area contributed by atoms with Gasteiger partial charge in [-0.25, -0.2) is 0 Å². The van der Waals surface area contributed by atoms with E-state index in [2.05, 4.69) is 0 Å². The third kappa shape index (κ3) is 4.26. The maximum Gasteiger partial charge on any atom is 0.310 e. The average molecular weight is 589 g/mol. The van der Waals surface area contributed by atoms with Crippen molar-refractivity contribution in [2.45, 2.75) is 55.9 Å².